The molecule has 0 aliphatic carbocycles. The van der Waals surface area contributed by atoms with Gasteiger partial charge in [-0.1, -0.05) is 19.1 Å². The predicted molar refractivity (Wildman–Crippen MR) is 87.1 cm³/mol. The minimum Gasteiger partial charge on any atom is -0.399 e. The van der Waals surface area contributed by atoms with E-state index in [-0.39, 0.29) is 5.91 Å². The number of nitrogens with zero attached hydrogens (tertiary/aromatic N) is 2. The highest BCUT2D eigenvalue weighted by molar-refractivity contribution is 5.87. The fourth-order valence-electron chi connectivity index (χ4n) is 3.21. The van der Waals surface area contributed by atoms with Crippen LogP contribution >= 0.6 is 0 Å². The summed E-state index contributed by atoms with van der Waals surface area (Å²) in [6.07, 6.45) is 0. The number of benzene rings is 1. The standard InChI is InChI=1S/C17H27N3O/c1-12-10-20(11-15(12)19(4)5)16(21)17(2,3)13-6-8-14(18)9-7-13/h6-9,12,15H,10-11,18H2,1-5H3. The Kier molecular flexibility index (Phi) is 4.28. The van der Waals surface area contributed by atoms with Crippen molar-refractivity contribution in [2.75, 3.05) is 32.9 Å². The predicted octanol–water partition coefficient (Wildman–Crippen LogP) is 1.95. The average molecular weight is 289 g/mol. The van der Waals surface area contributed by atoms with Gasteiger partial charge in [0.25, 0.3) is 0 Å². The van der Waals surface area contributed by atoms with Crippen LogP contribution in [0.15, 0.2) is 24.3 Å². The first-order chi connectivity index (χ1) is 9.73. The van der Waals surface area contributed by atoms with Gasteiger partial charge in [-0.15, -0.1) is 0 Å². The zero-order chi connectivity index (χ0) is 15.8. The third kappa shape index (κ3) is 3.05. The summed E-state index contributed by atoms with van der Waals surface area (Å²) in [6, 6.07) is 8.07. The average Bonchev–Trinajstić information content (AvgIpc) is 2.80. The minimum absolute atomic E-state index is 0.198. The van der Waals surface area contributed by atoms with Crippen LogP contribution in [-0.2, 0) is 10.2 Å². The lowest BCUT2D eigenvalue weighted by Crippen LogP contribution is -2.43. The molecule has 0 aromatic heterocycles. The van der Waals surface area contributed by atoms with Crippen LogP contribution in [0.5, 0.6) is 0 Å². The largest absolute Gasteiger partial charge is 0.399 e. The molecule has 2 unspecified atom stereocenters. The van der Waals surface area contributed by atoms with Crippen LogP contribution in [0.4, 0.5) is 5.69 Å². The lowest BCUT2D eigenvalue weighted by Gasteiger charge is -2.30. The van der Waals surface area contributed by atoms with Gasteiger partial charge in [-0.2, -0.15) is 0 Å². The van der Waals surface area contributed by atoms with Gasteiger partial charge >= 0.3 is 0 Å². The fraction of sp³-hybridized carbons (Fsp3) is 0.588. The van der Waals surface area contributed by atoms with Crippen molar-refractivity contribution >= 4 is 11.6 Å². The molecule has 1 saturated heterocycles. The van der Waals surface area contributed by atoms with E-state index in [4.69, 9.17) is 5.73 Å². The van der Waals surface area contributed by atoms with E-state index in [2.05, 4.69) is 25.9 Å². The monoisotopic (exact) mass is 289 g/mol. The number of rotatable bonds is 3. The van der Waals surface area contributed by atoms with Crippen LogP contribution in [0.2, 0.25) is 0 Å². The highest BCUT2D eigenvalue weighted by atomic mass is 16.2. The number of carbonyl (C=O) groups excluding carboxylic acids is 1. The number of hydrogen-bond donors (Lipinski definition) is 1. The maximum atomic E-state index is 12.9. The summed E-state index contributed by atoms with van der Waals surface area (Å²) >= 11 is 0. The molecular weight excluding hydrogens is 262 g/mol. The Balaban J connectivity index is 2.17. The van der Waals surface area contributed by atoms with Gasteiger partial charge in [-0.3, -0.25) is 4.79 Å². The lowest BCUT2D eigenvalue weighted by molar-refractivity contribution is -0.135. The van der Waals surface area contributed by atoms with Crippen molar-refractivity contribution in [1.82, 2.24) is 9.80 Å². The van der Waals surface area contributed by atoms with Crippen molar-refractivity contribution < 1.29 is 4.79 Å². The molecule has 21 heavy (non-hydrogen) atoms. The van der Waals surface area contributed by atoms with Gasteiger partial charge in [0.2, 0.25) is 5.91 Å². The van der Waals surface area contributed by atoms with E-state index < -0.39 is 5.41 Å². The van der Waals surface area contributed by atoms with Crippen LogP contribution in [-0.4, -0.2) is 48.9 Å². The van der Waals surface area contributed by atoms with E-state index >= 15 is 0 Å². The zero-order valence-corrected chi connectivity index (χ0v) is 13.8. The Hall–Kier alpha value is -1.55. The highest BCUT2D eigenvalue weighted by Gasteiger charge is 2.40. The molecule has 4 heteroatoms. The van der Waals surface area contributed by atoms with E-state index in [0.717, 1.165) is 24.3 Å². The van der Waals surface area contributed by atoms with E-state index in [1.807, 2.05) is 43.0 Å². The molecule has 1 aliphatic heterocycles. The summed E-state index contributed by atoms with van der Waals surface area (Å²) in [5.41, 5.74) is 6.96. The Morgan fingerprint density at radius 3 is 2.29 bits per heavy atom. The molecule has 4 nitrogen and oxygen atoms in total. The highest BCUT2D eigenvalue weighted by Crippen LogP contribution is 2.30. The second-order valence-corrected chi connectivity index (χ2v) is 6.97. The summed E-state index contributed by atoms with van der Waals surface area (Å²) in [5, 5.41) is 0. The molecule has 1 fully saturated rings. The van der Waals surface area contributed by atoms with Crippen LogP contribution in [0, 0.1) is 5.92 Å². The molecule has 0 spiro atoms. The Morgan fingerprint density at radius 1 is 1.24 bits per heavy atom. The van der Waals surface area contributed by atoms with Crippen LogP contribution in [0.3, 0.4) is 0 Å². The summed E-state index contributed by atoms with van der Waals surface area (Å²) in [4.78, 5) is 17.2. The second-order valence-electron chi connectivity index (χ2n) is 6.97. The van der Waals surface area contributed by atoms with Crippen molar-refractivity contribution in [2.24, 2.45) is 5.92 Å². The number of carbonyl (C=O) groups is 1. The van der Waals surface area contributed by atoms with Crippen LogP contribution < -0.4 is 5.73 Å². The Morgan fingerprint density at radius 2 is 1.81 bits per heavy atom. The number of likely N-dealkylation sites (tertiary alicyclic amines) is 1. The van der Waals surface area contributed by atoms with Gasteiger partial charge in [0.15, 0.2) is 0 Å². The topological polar surface area (TPSA) is 49.6 Å². The maximum Gasteiger partial charge on any atom is 0.232 e. The molecule has 0 radical (unpaired) electrons. The van der Waals surface area contributed by atoms with Crippen LogP contribution in [0.1, 0.15) is 26.3 Å². The lowest BCUT2D eigenvalue weighted by atomic mass is 9.83. The first kappa shape index (κ1) is 15.8. The molecule has 0 saturated carbocycles. The van der Waals surface area contributed by atoms with Gasteiger partial charge in [-0.25, -0.2) is 0 Å². The zero-order valence-electron chi connectivity index (χ0n) is 13.8. The van der Waals surface area contributed by atoms with Crippen LogP contribution in [0.25, 0.3) is 0 Å². The van der Waals surface area contributed by atoms with Crippen molar-refractivity contribution in [1.29, 1.82) is 0 Å². The van der Waals surface area contributed by atoms with Crippen molar-refractivity contribution in [3.05, 3.63) is 29.8 Å². The number of amides is 1. The second kappa shape index (κ2) is 5.68. The summed E-state index contributed by atoms with van der Waals surface area (Å²) < 4.78 is 0. The van der Waals surface area contributed by atoms with Gasteiger partial charge in [-0.05, 0) is 51.6 Å². The Bertz CT molecular complexity index is 507. The van der Waals surface area contributed by atoms with Gasteiger partial charge in [0.05, 0.1) is 5.41 Å². The molecule has 1 aromatic carbocycles. The molecular formula is C17H27N3O. The third-order valence-electron chi connectivity index (χ3n) is 4.69. The smallest absolute Gasteiger partial charge is 0.232 e. The quantitative estimate of drug-likeness (QED) is 0.865. The molecule has 1 aliphatic rings. The summed E-state index contributed by atoms with van der Waals surface area (Å²) in [7, 11) is 4.17. The SMILES string of the molecule is CC1CN(C(=O)C(C)(C)c2ccc(N)cc2)CC1N(C)C. The van der Waals surface area contributed by atoms with Gasteiger partial charge in [0.1, 0.15) is 0 Å². The number of anilines is 1. The third-order valence-corrected chi connectivity index (χ3v) is 4.69. The summed E-state index contributed by atoms with van der Waals surface area (Å²) in [5.74, 6) is 0.703. The van der Waals surface area contributed by atoms with Crippen molar-refractivity contribution in [2.45, 2.75) is 32.2 Å². The maximum absolute atomic E-state index is 12.9. The molecule has 1 aromatic rings. The minimum atomic E-state index is -0.519. The van der Waals surface area contributed by atoms with Gasteiger partial charge in [0, 0.05) is 24.8 Å². The van der Waals surface area contributed by atoms with Crippen molar-refractivity contribution in [3.63, 3.8) is 0 Å². The first-order valence-electron chi connectivity index (χ1n) is 7.55. The molecule has 0 bridgehead atoms. The molecule has 1 amide bonds. The molecule has 2 atom stereocenters. The Labute approximate surface area is 127 Å². The van der Waals surface area contributed by atoms with E-state index in [1.54, 1.807) is 0 Å². The molecule has 116 valence electrons. The fourth-order valence-corrected chi connectivity index (χ4v) is 3.21. The number of hydrogen-bond acceptors (Lipinski definition) is 3. The first-order valence-corrected chi connectivity index (χ1v) is 7.55. The number of nitrogen functional groups attached to an aromatic ring is 1. The van der Waals surface area contributed by atoms with Gasteiger partial charge < -0.3 is 15.5 Å². The number of likely N-dealkylation sites (N-methyl/N-ethyl adjacent to an activating group) is 1. The van der Waals surface area contributed by atoms with Crippen molar-refractivity contribution in [3.8, 4) is 0 Å². The molecule has 2 rings (SSSR count). The number of nitrogens with two attached hydrogens (primary N) is 1. The molecule has 1 heterocycles. The summed E-state index contributed by atoms with van der Waals surface area (Å²) in [6.45, 7) is 7.85. The van der Waals surface area contributed by atoms with E-state index in [1.165, 1.54) is 0 Å². The van der Waals surface area contributed by atoms with E-state index in [0.29, 0.717) is 12.0 Å². The van der Waals surface area contributed by atoms with E-state index in [9.17, 15) is 4.79 Å². The molecule has 2 N–H and O–H groups in total. The normalized spacial score (nSPS) is 22.9.